The first-order valence-corrected chi connectivity index (χ1v) is 10.5. The fraction of sp³-hybridized carbons (Fsp3) is 0.864. The average Bonchev–Trinajstić information content (AvgIpc) is 2.57. The molecule has 0 aliphatic rings. The third kappa shape index (κ3) is 22.2. The molecule has 0 heterocycles. The number of ether oxygens (including phenoxy) is 1. The molecule has 0 amide bonds. The maximum absolute atomic E-state index is 11.2. The molecule has 3 heteroatoms. The van der Waals surface area contributed by atoms with Gasteiger partial charge in [0.1, 0.15) is 0 Å². The molecule has 0 aliphatic carbocycles. The van der Waals surface area contributed by atoms with E-state index in [9.17, 15) is 4.79 Å². The van der Waals surface area contributed by atoms with E-state index in [0.717, 1.165) is 6.42 Å². The molecule has 2 nitrogen and oxygen atoms in total. The van der Waals surface area contributed by atoms with E-state index in [1.807, 2.05) is 0 Å². The molecule has 1 radical (unpaired) electrons. The first-order valence-electron chi connectivity index (χ1n) is 10.5. The third-order valence-electron chi connectivity index (χ3n) is 4.58. The fourth-order valence-electron chi connectivity index (χ4n) is 2.94. The van der Waals surface area contributed by atoms with E-state index in [2.05, 4.69) is 13.5 Å². The Labute approximate surface area is 179 Å². The van der Waals surface area contributed by atoms with Crippen molar-refractivity contribution in [2.45, 2.75) is 117 Å². The van der Waals surface area contributed by atoms with Gasteiger partial charge in [-0.1, -0.05) is 110 Å². The van der Waals surface area contributed by atoms with Crippen LogP contribution in [0.15, 0.2) is 12.2 Å². The molecule has 143 valence electrons. The molecule has 0 saturated carbocycles. The van der Waals surface area contributed by atoms with Crippen molar-refractivity contribution in [3.05, 3.63) is 12.2 Å². The summed E-state index contributed by atoms with van der Waals surface area (Å²) in [5.74, 6) is -0.254. The minimum Gasteiger partial charge on any atom is -0.462 e. The SMILES string of the molecule is C=C(C)C(=O)OCCCCCCCCCCCCCCCCCC.[Na]. The van der Waals surface area contributed by atoms with Crippen LogP contribution in [0.2, 0.25) is 0 Å². The Morgan fingerprint density at radius 2 is 1.00 bits per heavy atom. The van der Waals surface area contributed by atoms with Gasteiger partial charge in [-0.15, -0.1) is 0 Å². The molecule has 0 aromatic carbocycles. The molecule has 0 saturated heterocycles. The van der Waals surface area contributed by atoms with E-state index in [1.165, 1.54) is 96.3 Å². The number of hydrogen-bond donors (Lipinski definition) is 0. The largest absolute Gasteiger partial charge is 0.462 e. The van der Waals surface area contributed by atoms with Crippen LogP contribution in [0.3, 0.4) is 0 Å². The molecule has 0 aliphatic heterocycles. The molecule has 25 heavy (non-hydrogen) atoms. The van der Waals surface area contributed by atoms with Gasteiger partial charge in [-0.2, -0.15) is 0 Å². The second-order valence-electron chi connectivity index (χ2n) is 7.22. The number of esters is 1. The number of hydrogen-bond acceptors (Lipinski definition) is 2. The summed E-state index contributed by atoms with van der Waals surface area (Å²) in [4.78, 5) is 11.2. The molecule has 0 spiro atoms. The van der Waals surface area contributed by atoms with E-state index in [4.69, 9.17) is 4.74 Å². The van der Waals surface area contributed by atoms with Crippen LogP contribution in [0.4, 0.5) is 0 Å². The standard InChI is InChI=1S/C22H42O2.Na/c1-4-5-6-7-8-9-10-11-12-13-14-15-16-17-18-19-20-24-22(23)21(2)3;/h2,4-20H2,1,3H3;. The van der Waals surface area contributed by atoms with Gasteiger partial charge >= 0.3 is 5.97 Å². The maximum atomic E-state index is 11.2. The van der Waals surface area contributed by atoms with Gasteiger partial charge in [0.25, 0.3) is 0 Å². The van der Waals surface area contributed by atoms with Gasteiger partial charge in [0, 0.05) is 35.1 Å². The van der Waals surface area contributed by atoms with Crippen LogP contribution in [-0.2, 0) is 9.53 Å². The van der Waals surface area contributed by atoms with Crippen molar-refractivity contribution in [3.8, 4) is 0 Å². The summed E-state index contributed by atoms with van der Waals surface area (Å²) in [5.41, 5.74) is 0.492. The van der Waals surface area contributed by atoms with Crippen LogP contribution in [0.25, 0.3) is 0 Å². The van der Waals surface area contributed by atoms with E-state index < -0.39 is 0 Å². The molecule has 0 fully saturated rings. The molecule has 0 atom stereocenters. The third-order valence-corrected chi connectivity index (χ3v) is 4.58. The topological polar surface area (TPSA) is 26.3 Å². The van der Waals surface area contributed by atoms with Crippen LogP contribution in [0.5, 0.6) is 0 Å². The Kier molecular flexibility index (Phi) is 24.4. The summed E-state index contributed by atoms with van der Waals surface area (Å²) in [6.45, 7) is 8.09. The van der Waals surface area contributed by atoms with Gasteiger partial charge in [-0.05, 0) is 13.3 Å². The van der Waals surface area contributed by atoms with E-state index in [0.29, 0.717) is 12.2 Å². The summed E-state index contributed by atoms with van der Waals surface area (Å²) >= 11 is 0. The van der Waals surface area contributed by atoms with Crippen molar-refractivity contribution in [3.63, 3.8) is 0 Å². The van der Waals surface area contributed by atoms with Gasteiger partial charge in [-0.3, -0.25) is 0 Å². The van der Waals surface area contributed by atoms with Crippen LogP contribution >= 0.6 is 0 Å². The van der Waals surface area contributed by atoms with Gasteiger partial charge in [0.2, 0.25) is 0 Å². The summed E-state index contributed by atoms with van der Waals surface area (Å²) in [6.07, 6.45) is 21.7. The van der Waals surface area contributed by atoms with Gasteiger partial charge in [0.05, 0.1) is 6.61 Å². The predicted molar refractivity (Wildman–Crippen MR) is 111 cm³/mol. The molecule has 0 rings (SSSR count). The van der Waals surface area contributed by atoms with Crippen LogP contribution in [0.1, 0.15) is 117 Å². The second-order valence-corrected chi connectivity index (χ2v) is 7.22. The van der Waals surface area contributed by atoms with Crippen LogP contribution < -0.4 is 0 Å². The number of carbonyl (C=O) groups excluding carboxylic acids is 1. The van der Waals surface area contributed by atoms with E-state index in [-0.39, 0.29) is 35.5 Å². The Morgan fingerprint density at radius 1 is 0.680 bits per heavy atom. The van der Waals surface area contributed by atoms with Crippen LogP contribution in [0, 0.1) is 0 Å². The summed E-state index contributed by atoms with van der Waals surface area (Å²) in [7, 11) is 0. The first kappa shape index (κ1) is 27.4. The molecular formula is C22H42NaO2. The molecule has 0 aromatic rings. The molecular weight excluding hydrogens is 319 g/mol. The molecule has 0 unspecified atom stereocenters. The van der Waals surface area contributed by atoms with Crippen molar-refractivity contribution >= 4 is 35.5 Å². The summed E-state index contributed by atoms with van der Waals surface area (Å²) in [6, 6.07) is 0. The van der Waals surface area contributed by atoms with Crippen molar-refractivity contribution < 1.29 is 9.53 Å². The number of unbranched alkanes of at least 4 members (excludes halogenated alkanes) is 15. The van der Waals surface area contributed by atoms with Gasteiger partial charge in [-0.25, -0.2) is 4.79 Å². The minimum absolute atomic E-state index is 0. The zero-order valence-electron chi connectivity index (χ0n) is 17.5. The minimum atomic E-state index is -0.254. The Balaban J connectivity index is 0. The van der Waals surface area contributed by atoms with Crippen molar-refractivity contribution in [2.75, 3.05) is 6.61 Å². The zero-order chi connectivity index (χ0) is 17.9. The maximum Gasteiger partial charge on any atom is 0.333 e. The van der Waals surface area contributed by atoms with Crippen molar-refractivity contribution in [1.82, 2.24) is 0 Å². The van der Waals surface area contributed by atoms with Gasteiger partial charge < -0.3 is 4.74 Å². The van der Waals surface area contributed by atoms with Crippen LogP contribution in [-0.4, -0.2) is 42.1 Å². The van der Waals surface area contributed by atoms with Gasteiger partial charge in [0.15, 0.2) is 0 Å². The smallest absolute Gasteiger partial charge is 0.333 e. The molecule has 0 aromatic heterocycles. The quantitative estimate of drug-likeness (QED) is 0.114. The fourth-order valence-corrected chi connectivity index (χ4v) is 2.94. The average molecular weight is 362 g/mol. The monoisotopic (exact) mass is 361 g/mol. The Morgan fingerprint density at radius 3 is 1.32 bits per heavy atom. The molecule has 0 bridgehead atoms. The van der Waals surface area contributed by atoms with Crippen molar-refractivity contribution in [2.24, 2.45) is 0 Å². The second kappa shape index (κ2) is 22.3. The van der Waals surface area contributed by atoms with E-state index >= 15 is 0 Å². The summed E-state index contributed by atoms with van der Waals surface area (Å²) < 4.78 is 5.08. The molecule has 0 N–H and O–H groups in total. The zero-order valence-corrected chi connectivity index (χ0v) is 19.5. The predicted octanol–water partition coefficient (Wildman–Crippen LogP) is 6.99. The normalized spacial score (nSPS) is 10.3. The van der Waals surface area contributed by atoms with Crippen molar-refractivity contribution in [1.29, 1.82) is 0 Å². The number of carbonyl (C=O) groups is 1. The Bertz CT molecular complexity index is 302. The van der Waals surface area contributed by atoms with E-state index in [1.54, 1.807) is 6.92 Å². The first-order chi connectivity index (χ1) is 11.7. The summed E-state index contributed by atoms with van der Waals surface area (Å²) in [5, 5.41) is 0. The Hall–Kier alpha value is 0.210. The number of rotatable bonds is 18.